The highest BCUT2D eigenvalue weighted by atomic mass is 16.4. The van der Waals surface area contributed by atoms with Crippen LogP contribution in [0, 0.1) is 12.3 Å². The van der Waals surface area contributed by atoms with E-state index >= 15 is 0 Å². The number of aromatic nitrogens is 1. The van der Waals surface area contributed by atoms with Crippen LogP contribution in [0.3, 0.4) is 0 Å². The molecule has 0 spiro atoms. The molecular weight excluding hydrogens is 280 g/mol. The third kappa shape index (κ3) is 3.67. The summed E-state index contributed by atoms with van der Waals surface area (Å²) in [5.74, 6) is -1.05. The number of H-pyrrole nitrogens is 1. The maximum absolute atomic E-state index is 11.9. The maximum Gasteiger partial charge on any atom is 0.310 e. The van der Waals surface area contributed by atoms with Gasteiger partial charge in [0.2, 0.25) is 5.91 Å². The fourth-order valence-corrected chi connectivity index (χ4v) is 2.23. The van der Waals surface area contributed by atoms with Crippen LogP contribution in [0.25, 0.3) is 10.9 Å². The van der Waals surface area contributed by atoms with Crippen LogP contribution in [0.15, 0.2) is 24.4 Å². The number of amides is 1. The number of fused-ring (bicyclic) bond motifs is 1. The molecular formula is C17H22N2O3. The number of carboxylic acid groups (broad SMARTS) is 1. The summed E-state index contributed by atoms with van der Waals surface area (Å²) in [5, 5.41) is 12.9. The number of aromatic amines is 1. The first-order valence-electron chi connectivity index (χ1n) is 7.36. The Kier molecular flexibility index (Phi) is 4.54. The zero-order valence-electron chi connectivity index (χ0n) is 13.2. The molecule has 0 aliphatic rings. The van der Waals surface area contributed by atoms with Gasteiger partial charge in [0.05, 0.1) is 5.41 Å². The zero-order chi connectivity index (χ0) is 16.3. The van der Waals surface area contributed by atoms with E-state index in [2.05, 4.69) is 16.4 Å². The SMILES string of the molecule is Cc1ccc2[nH]cc(CCC(=O)NCC(C)(C)C(=O)O)c2c1. The second-order valence-corrected chi connectivity index (χ2v) is 6.33. The van der Waals surface area contributed by atoms with E-state index in [1.807, 2.05) is 25.3 Å². The van der Waals surface area contributed by atoms with Gasteiger partial charge < -0.3 is 15.4 Å². The lowest BCUT2D eigenvalue weighted by molar-refractivity contribution is -0.146. The second kappa shape index (κ2) is 6.22. The smallest absolute Gasteiger partial charge is 0.310 e. The summed E-state index contributed by atoms with van der Waals surface area (Å²) < 4.78 is 0. The Morgan fingerprint density at radius 2 is 2.05 bits per heavy atom. The summed E-state index contributed by atoms with van der Waals surface area (Å²) in [6.45, 7) is 5.36. The van der Waals surface area contributed by atoms with E-state index < -0.39 is 11.4 Å². The van der Waals surface area contributed by atoms with E-state index in [0.717, 1.165) is 16.5 Å². The van der Waals surface area contributed by atoms with Crippen molar-refractivity contribution < 1.29 is 14.7 Å². The van der Waals surface area contributed by atoms with E-state index in [-0.39, 0.29) is 12.5 Å². The lowest BCUT2D eigenvalue weighted by Crippen LogP contribution is -2.38. The van der Waals surface area contributed by atoms with Crippen molar-refractivity contribution in [3.63, 3.8) is 0 Å². The first-order valence-corrected chi connectivity index (χ1v) is 7.36. The van der Waals surface area contributed by atoms with Crippen LogP contribution in [-0.2, 0) is 16.0 Å². The maximum atomic E-state index is 11.9. The lowest BCUT2D eigenvalue weighted by Gasteiger charge is -2.19. The molecule has 0 radical (unpaired) electrons. The minimum atomic E-state index is -0.951. The number of nitrogens with one attached hydrogen (secondary N) is 2. The molecule has 0 aliphatic carbocycles. The van der Waals surface area contributed by atoms with Crippen molar-refractivity contribution in [2.45, 2.75) is 33.6 Å². The molecule has 1 heterocycles. The molecule has 0 atom stereocenters. The van der Waals surface area contributed by atoms with Crippen molar-refractivity contribution in [2.24, 2.45) is 5.41 Å². The summed E-state index contributed by atoms with van der Waals surface area (Å²) in [6, 6.07) is 6.18. The van der Waals surface area contributed by atoms with Crippen LogP contribution in [0.2, 0.25) is 0 Å². The molecule has 22 heavy (non-hydrogen) atoms. The first kappa shape index (κ1) is 16.1. The number of benzene rings is 1. The molecule has 5 heteroatoms. The molecule has 3 N–H and O–H groups in total. The Labute approximate surface area is 129 Å². The molecule has 5 nitrogen and oxygen atoms in total. The molecule has 0 aliphatic heterocycles. The Morgan fingerprint density at radius 3 is 2.73 bits per heavy atom. The standard InChI is InChI=1S/C17H22N2O3/c1-11-4-6-14-13(8-11)12(9-18-14)5-7-15(20)19-10-17(2,3)16(21)22/h4,6,8-9,18H,5,7,10H2,1-3H3,(H,19,20)(H,21,22). The Morgan fingerprint density at radius 1 is 1.32 bits per heavy atom. The molecule has 0 unspecified atom stereocenters. The fourth-order valence-electron chi connectivity index (χ4n) is 2.23. The number of rotatable bonds is 6. The molecule has 1 aromatic heterocycles. The summed E-state index contributed by atoms with van der Waals surface area (Å²) in [6.07, 6.45) is 2.90. The number of hydrogen-bond acceptors (Lipinski definition) is 2. The largest absolute Gasteiger partial charge is 0.481 e. The van der Waals surface area contributed by atoms with Crippen LogP contribution in [0.5, 0.6) is 0 Å². The number of aliphatic carboxylic acids is 1. The van der Waals surface area contributed by atoms with Crippen molar-refractivity contribution in [3.05, 3.63) is 35.5 Å². The zero-order valence-corrected chi connectivity index (χ0v) is 13.2. The minimum Gasteiger partial charge on any atom is -0.481 e. The predicted molar refractivity (Wildman–Crippen MR) is 85.8 cm³/mol. The van der Waals surface area contributed by atoms with Gasteiger partial charge in [0, 0.05) is 30.1 Å². The molecule has 0 saturated heterocycles. The molecule has 0 fully saturated rings. The number of carbonyl (C=O) groups is 2. The van der Waals surface area contributed by atoms with E-state index in [0.29, 0.717) is 12.8 Å². The highest BCUT2D eigenvalue weighted by Crippen LogP contribution is 2.21. The highest BCUT2D eigenvalue weighted by molar-refractivity contribution is 5.85. The van der Waals surface area contributed by atoms with Gasteiger partial charge in [-0.2, -0.15) is 0 Å². The first-order chi connectivity index (χ1) is 10.3. The van der Waals surface area contributed by atoms with Crippen LogP contribution in [0.1, 0.15) is 31.4 Å². The van der Waals surface area contributed by atoms with Crippen molar-refractivity contribution in [2.75, 3.05) is 6.54 Å². The predicted octanol–water partition coefficient (Wildman–Crippen LogP) is 2.64. The quantitative estimate of drug-likeness (QED) is 0.767. The normalized spacial score (nSPS) is 11.6. The van der Waals surface area contributed by atoms with Gasteiger partial charge in [0.25, 0.3) is 0 Å². The Balaban J connectivity index is 1.93. The van der Waals surface area contributed by atoms with Gasteiger partial charge >= 0.3 is 5.97 Å². The summed E-state index contributed by atoms with van der Waals surface area (Å²) in [5.41, 5.74) is 2.40. The Hall–Kier alpha value is -2.30. The van der Waals surface area contributed by atoms with Crippen LogP contribution in [-0.4, -0.2) is 28.5 Å². The van der Waals surface area contributed by atoms with Gasteiger partial charge in [0.15, 0.2) is 0 Å². The molecule has 2 aromatic rings. The minimum absolute atomic E-state index is 0.128. The second-order valence-electron chi connectivity index (χ2n) is 6.33. The van der Waals surface area contributed by atoms with E-state index in [1.54, 1.807) is 13.8 Å². The monoisotopic (exact) mass is 302 g/mol. The fraction of sp³-hybridized carbons (Fsp3) is 0.412. The summed E-state index contributed by atoms with van der Waals surface area (Å²) in [7, 11) is 0. The van der Waals surface area contributed by atoms with E-state index in [4.69, 9.17) is 5.11 Å². The topological polar surface area (TPSA) is 82.2 Å². The average Bonchev–Trinajstić information content (AvgIpc) is 2.85. The van der Waals surface area contributed by atoms with Crippen LogP contribution >= 0.6 is 0 Å². The van der Waals surface area contributed by atoms with Gasteiger partial charge in [-0.1, -0.05) is 11.6 Å². The summed E-state index contributed by atoms with van der Waals surface area (Å²) in [4.78, 5) is 26.1. The van der Waals surface area contributed by atoms with Crippen molar-refractivity contribution in [3.8, 4) is 0 Å². The number of carbonyl (C=O) groups excluding carboxylic acids is 1. The highest BCUT2D eigenvalue weighted by Gasteiger charge is 2.27. The van der Waals surface area contributed by atoms with Crippen molar-refractivity contribution in [1.29, 1.82) is 0 Å². The average molecular weight is 302 g/mol. The van der Waals surface area contributed by atoms with Crippen LogP contribution < -0.4 is 5.32 Å². The van der Waals surface area contributed by atoms with Gasteiger partial charge in [-0.15, -0.1) is 0 Å². The van der Waals surface area contributed by atoms with E-state index in [9.17, 15) is 9.59 Å². The van der Waals surface area contributed by atoms with E-state index in [1.165, 1.54) is 5.56 Å². The molecule has 1 amide bonds. The van der Waals surface area contributed by atoms with Crippen LogP contribution in [0.4, 0.5) is 0 Å². The Bertz CT molecular complexity index is 701. The third-order valence-electron chi connectivity index (χ3n) is 3.85. The number of aryl methyl sites for hydroxylation is 2. The summed E-state index contributed by atoms with van der Waals surface area (Å²) >= 11 is 0. The molecule has 0 bridgehead atoms. The molecule has 1 aromatic carbocycles. The van der Waals surface area contributed by atoms with Crippen molar-refractivity contribution in [1.82, 2.24) is 10.3 Å². The molecule has 2 rings (SSSR count). The third-order valence-corrected chi connectivity index (χ3v) is 3.85. The van der Waals surface area contributed by atoms with Gasteiger partial charge in [-0.25, -0.2) is 0 Å². The number of hydrogen-bond donors (Lipinski definition) is 3. The molecule has 0 saturated carbocycles. The van der Waals surface area contributed by atoms with Crippen molar-refractivity contribution >= 4 is 22.8 Å². The van der Waals surface area contributed by atoms with Gasteiger partial charge in [0.1, 0.15) is 0 Å². The lowest BCUT2D eigenvalue weighted by atomic mass is 9.94. The molecule has 118 valence electrons. The van der Waals surface area contributed by atoms with Gasteiger partial charge in [-0.3, -0.25) is 9.59 Å². The van der Waals surface area contributed by atoms with Gasteiger partial charge in [-0.05, 0) is 44.9 Å². The number of carboxylic acids is 1.